The van der Waals surface area contributed by atoms with E-state index in [1.165, 1.54) is 18.3 Å². The summed E-state index contributed by atoms with van der Waals surface area (Å²) in [4.78, 5) is 22.3. The Balaban J connectivity index is 1.59. The number of para-hydroxylation sites is 1. The van der Waals surface area contributed by atoms with E-state index in [0.29, 0.717) is 26.5 Å². The zero-order valence-electron chi connectivity index (χ0n) is 16.8. The molecule has 0 aromatic heterocycles. The van der Waals surface area contributed by atoms with Crippen molar-refractivity contribution in [2.45, 2.75) is 13.5 Å². The lowest BCUT2D eigenvalue weighted by Crippen LogP contribution is -2.24. The van der Waals surface area contributed by atoms with Crippen LogP contribution in [0.2, 0.25) is 5.02 Å². The maximum absolute atomic E-state index is 12.0. The molecule has 8 nitrogen and oxygen atoms in total. The topological polar surface area (TPSA) is 106 Å². The first-order valence-corrected chi connectivity index (χ1v) is 10.5. The zero-order chi connectivity index (χ0) is 23.1. The van der Waals surface area contributed by atoms with Crippen LogP contribution in [0.3, 0.4) is 0 Å². The Labute approximate surface area is 197 Å². The lowest BCUT2D eigenvalue weighted by molar-refractivity contribution is -0.384. The summed E-state index contributed by atoms with van der Waals surface area (Å²) >= 11 is 9.74. The van der Waals surface area contributed by atoms with Gasteiger partial charge in [0.05, 0.1) is 20.6 Å². The van der Waals surface area contributed by atoms with Crippen molar-refractivity contribution < 1.29 is 14.5 Å². The molecule has 3 rings (SSSR count). The molecule has 3 aromatic carbocycles. The van der Waals surface area contributed by atoms with E-state index in [9.17, 15) is 14.9 Å². The van der Waals surface area contributed by atoms with Crippen molar-refractivity contribution in [2.24, 2.45) is 5.10 Å². The van der Waals surface area contributed by atoms with Crippen LogP contribution in [0.1, 0.15) is 16.7 Å². The van der Waals surface area contributed by atoms with Gasteiger partial charge in [-0.05, 0) is 69.9 Å². The van der Waals surface area contributed by atoms with E-state index in [4.69, 9.17) is 16.3 Å². The minimum atomic E-state index is -0.469. The zero-order valence-corrected chi connectivity index (χ0v) is 19.2. The molecular formula is C22H18BrClN4O4. The van der Waals surface area contributed by atoms with Crippen molar-refractivity contribution in [1.29, 1.82) is 0 Å². The number of hydrogen-bond donors (Lipinski definition) is 2. The van der Waals surface area contributed by atoms with Gasteiger partial charge in [0.25, 0.3) is 5.69 Å². The minimum absolute atomic E-state index is 0.0118. The molecular weight excluding hydrogens is 500 g/mol. The van der Waals surface area contributed by atoms with Crippen molar-refractivity contribution in [3.63, 3.8) is 0 Å². The molecule has 0 aliphatic heterocycles. The number of benzene rings is 3. The Hall–Kier alpha value is -3.43. The molecule has 32 heavy (non-hydrogen) atoms. The van der Waals surface area contributed by atoms with Crippen molar-refractivity contribution in [3.8, 4) is 5.75 Å². The van der Waals surface area contributed by atoms with Crippen LogP contribution >= 0.6 is 27.5 Å². The molecule has 10 heteroatoms. The van der Waals surface area contributed by atoms with Crippen LogP contribution in [0.4, 0.5) is 16.2 Å². The van der Waals surface area contributed by atoms with Crippen LogP contribution in [0.5, 0.6) is 5.75 Å². The number of rotatable bonds is 7. The van der Waals surface area contributed by atoms with Gasteiger partial charge in [-0.2, -0.15) is 5.10 Å². The normalized spacial score (nSPS) is 10.7. The highest BCUT2D eigenvalue weighted by molar-refractivity contribution is 9.10. The van der Waals surface area contributed by atoms with Crippen LogP contribution < -0.4 is 15.5 Å². The summed E-state index contributed by atoms with van der Waals surface area (Å²) in [6.07, 6.45) is 1.45. The Morgan fingerprint density at radius 1 is 1.22 bits per heavy atom. The van der Waals surface area contributed by atoms with Gasteiger partial charge in [-0.25, -0.2) is 10.2 Å². The van der Waals surface area contributed by atoms with Crippen LogP contribution in [0, 0.1) is 17.0 Å². The number of carbonyl (C=O) groups is 1. The second-order valence-electron chi connectivity index (χ2n) is 6.66. The third kappa shape index (κ3) is 6.29. The maximum Gasteiger partial charge on any atom is 0.339 e. The Bertz CT molecular complexity index is 1150. The molecule has 0 atom stereocenters. The summed E-state index contributed by atoms with van der Waals surface area (Å²) in [6.45, 7) is 2.08. The number of nitrogens with zero attached hydrogens (tertiary/aromatic N) is 2. The van der Waals surface area contributed by atoms with Crippen molar-refractivity contribution in [3.05, 3.63) is 97.0 Å². The average molecular weight is 518 g/mol. The number of nitrogens with one attached hydrogen (secondary N) is 2. The predicted octanol–water partition coefficient (Wildman–Crippen LogP) is 6.05. The predicted molar refractivity (Wildman–Crippen MR) is 128 cm³/mol. The molecule has 0 radical (unpaired) electrons. The number of urea groups is 1. The molecule has 2 amide bonds. The molecule has 3 aromatic rings. The van der Waals surface area contributed by atoms with Gasteiger partial charge in [-0.15, -0.1) is 0 Å². The van der Waals surface area contributed by atoms with Gasteiger partial charge in [-0.1, -0.05) is 29.8 Å². The van der Waals surface area contributed by atoms with Gasteiger partial charge in [-0.3, -0.25) is 10.1 Å². The van der Waals surface area contributed by atoms with Crippen molar-refractivity contribution >= 4 is 51.2 Å². The third-order valence-electron chi connectivity index (χ3n) is 4.32. The Kier molecular flexibility index (Phi) is 7.80. The highest BCUT2D eigenvalue weighted by atomic mass is 79.9. The fourth-order valence-corrected chi connectivity index (χ4v) is 3.68. The summed E-state index contributed by atoms with van der Waals surface area (Å²) in [7, 11) is 0. The number of non-ortho nitro benzene ring substituents is 1. The molecule has 0 aliphatic rings. The fraction of sp³-hybridized carbons (Fsp3) is 0.0909. The van der Waals surface area contributed by atoms with Gasteiger partial charge in [0.2, 0.25) is 0 Å². The van der Waals surface area contributed by atoms with Crippen LogP contribution in [0.25, 0.3) is 0 Å². The Morgan fingerprint density at radius 3 is 2.59 bits per heavy atom. The number of hydrogen-bond acceptors (Lipinski definition) is 5. The van der Waals surface area contributed by atoms with Gasteiger partial charge in [0.1, 0.15) is 6.61 Å². The Morgan fingerprint density at radius 2 is 1.94 bits per heavy atom. The van der Waals surface area contributed by atoms with Gasteiger partial charge < -0.3 is 10.1 Å². The number of amides is 2. The summed E-state index contributed by atoms with van der Waals surface area (Å²) in [5.74, 6) is 0.424. The average Bonchev–Trinajstić information content (AvgIpc) is 2.75. The molecule has 164 valence electrons. The standard InChI is InChI=1S/C22H18BrClN4O4/c1-14-4-2-3-5-20(14)26-22(29)27-25-12-16-10-18(23)21(19(24)11-16)32-13-15-6-8-17(9-7-15)28(30)31/h2-12H,13H2,1H3,(H2,26,27,29). The molecule has 0 heterocycles. The first-order chi connectivity index (χ1) is 15.3. The van der Waals surface area contributed by atoms with Gasteiger partial charge in [0.15, 0.2) is 5.75 Å². The third-order valence-corrected chi connectivity index (χ3v) is 5.19. The summed E-state index contributed by atoms with van der Waals surface area (Å²) in [6, 6.07) is 16.4. The summed E-state index contributed by atoms with van der Waals surface area (Å²) in [5.41, 5.74) is 5.44. The van der Waals surface area contributed by atoms with E-state index < -0.39 is 11.0 Å². The molecule has 0 saturated heterocycles. The lowest BCUT2D eigenvalue weighted by atomic mass is 10.2. The number of halogens is 2. The number of anilines is 1. The van der Waals surface area contributed by atoms with E-state index >= 15 is 0 Å². The molecule has 0 aliphatic carbocycles. The number of hydrazone groups is 1. The van der Waals surface area contributed by atoms with Gasteiger partial charge >= 0.3 is 6.03 Å². The molecule has 0 fully saturated rings. The van der Waals surface area contributed by atoms with E-state index in [1.54, 1.807) is 30.3 Å². The SMILES string of the molecule is Cc1ccccc1NC(=O)NN=Cc1cc(Cl)c(OCc2ccc([N+](=O)[O-])cc2)c(Br)c1. The van der Waals surface area contributed by atoms with E-state index in [-0.39, 0.29) is 12.3 Å². The highest BCUT2D eigenvalue weighted by Crippen LogP contribution is 2.34. The largest absolute Gasteiger partial charge is 0.486 e. The van der Waals surface area contributed by atoms with Crippen molar-refractivity contribution in [2.75, 3.05) is 5.32 Å². The van der Waals surface area contributed by atoms with E-state index in [2.05, 4.69) is 31.8 Å². The minimum Gasteiger partial charge on any atom is -0.486 e. The number of ether oxygens (including phenoxy) is 1. The lowest BCUT2D eigenvalue weighted by Gasteiger charge is -2.11. The highest BCUT2D eigenvalue weighted by Gasteiger charge is 2.10. The van der Waals surface area contributed by atoms with Gasteiger partial charge in [0, 0.05) is 17.8 Å². The van der Waals surface area contributed by atoms with E-state index in [0.717, 1.165) is 11.1 Å². The first kappa shape index (κ1) is 23.2. The number of carbonyl (C=O) groups excluding carboxylic acids is 1. The van der Waals surface area contributed by atoms with Crippen LogP contribution in [-0.4, -0.2) is 17.2 Å². The fourth-order valence-electron chi connectivity index (χ4n) is 2.69. The quantitative estimate of drug-likeness (QED) is 0.226. The number of aryl methyl sites for hydroxylation is 1. The number of nitro groups is 1. The van der Waals surface area contributed by atoms with E-state index in [1.807, 2.05) is 25.1 Å². The molecule has 0 saturated carbocycles. The monoisotopic (exact) mass is 516 g/mol. The molecule has 0 unspecified atom stereocenters. The molecule has 2 N–H and O–H groups in total. The molecule has 0 spiro atoms. The second kappa shape index (κ2) is 10.7. The second-order valence-corrected chi connectivity index (χ2v) is 7.93. The summed E-state index contributed by atoms with van der Waals surface area (Å²) < 4.78 is 6.35. The number of nitro benzene ring substituents is 1. The summed E-state index contributed by atoms with van der Waals surface area (Å²) in [5, 5.41) is 17.7. The van der Waals surface area contributed by atoms with Crippen molar-refractivity contribution in [1.82, 2.24) is 5.43 Å². The molecule has 0 bridgehead atoms. The van der Waals surface area contributed by atoms with Crippen LogP contribution in [0.15, 0.2) is 70.2 Å². The maximum atomic E-state index is 12.0. The first-order valence-electron chi connectivity index (χ1n) is 9.34. The van der Waals surface area contributed by atoms with Crippen LogP contribution in [-0.2, 0) is 6.61 Å². The smallest absolute Gasteiger partial charge is 0.339 e.